The van der Waals surface area contributed by atoms with Gasteiger partial charge >= 0.3 is 11.8 Å². The first-order valence-corrected chi connectivity index (χ1v) is 20.2. The maximum absolute atomic E-state index is 14.5. The van der Waals surface area contributed by atoms with Crippen molar-refractivity contribution in [1.29, 1.82) is 0 Å². The van der Waals surface area contributed by atoms with E-state index in [2.05, 4.69) is 5.32 Å². The molecule has 0 spiro atoms. The van der Waals surface area contributed by atoms with Gasteiger partial charge in [-0.05, 0) is 44.2 Å². The van der Waals surface area contributed by atoms with E-state index in [9.17, 15) is 44.7 Å². The van der Waals surface area contributed by atoms with Gasteiger partial charge < -0.3 is 59.4 Å². The number of rotatable bonds is 6. The van der Waals surface area contributed by atoms with Crippen LogP contribution < -0.4 is 19.7 Å². The number of likely N-dealkylation sites (N-methyl/N-ethyl adjacent to an activating group) is 1. The summed E-state index contributed by atoms with van der Waals surface area (Å²) in [5, 5.41) is 58.2. The third kappa shape index (κ3) is 9.37. The maximum Gasteiger partial charge on any atom is 0.312 e. The molecule has 9 unspecified atom stereocenters. The van der Waals surface area contributed by atoms with Gasteiger partial charge in [0, 0.05) is 80.0 Å². The van der Waals surface area contributed by atoms with Crippen molar-refractivity contribution in [2.45, 2.75) is 85.6 Å². The SMILES string of the molecule is COC1/C=C/OC2(C)Oc3c(C)c(O)c4c(O)c(cc(OCC(=O)N(C)c5ccc(O)cc5)c4c3C2=O)NC(=O)C(C)=C/C=C/C(C)C(O)C(C)C(O)C(C)C(OC(C)=O)C1C. The first-order chi connectivity index (χ1) is 29.1. The molecule has 16 nitrogen and oxygen atoms in total. The zero-order chi connectivity index (χ0) is 46.0. The number of phenolic OH excluding ortho intramolecular Hbond substituents is 3. The number of anilines is 2. The van der Waals surface area contributed by atoms with E-state index in [1.165, 1.54) is 95.5 Å². The van der Waals surface area contributed by atoms with E-state index >= 15 is 0 Å². The van der Waals surface area contributed by atoms with Crippen LogP contribution in [0.15, 0.2) is 66.5 Å². The smallest absolute Gasteiger partial charge is 0.312 e. The van der Waals surface area contributed by atoms with Crippen LogP contribution in [0, 0.1) is 30.6 Å². The van der Waals surface area contributed by atoms with E-state index in [4.69, 9.17) is 23.7 Å². The molecule has 3 heterocycles. The molecular weight excluding hydrogens is 805 g/mol. The van der Waals surface area contributed by atoms with Crippen molar-refractivity contribution in [3.8, 4) is 28.7 Å². The molecule has 0 saturated heterocycles. The standard InChI is InChI=1S/C46H56N2O14/c1-22-12-11-13-23(2)45(57)47-31-20-33(59-21-34(51)48(9)29-14-16-30(50)17-15-29)35-36(41(31)55)40(54)27(6)43-37(35)44(56)46(8,62-43)60-19-18-32(58-10)24(3)42(61-28(7)49)26(5)39(53)25(4)38(22)52/h11-20,22,24-26,32,38-39,42,50,52-55H,21H2,1-10H3,(H,47,57)/b12-11+,19-18+,23-13?. The van der Waals surface area contributed by atoms with Crippen molar-refractivity contribution >= 4 is 45.7 Å². The highest BCUT2D eigenvalue weighted by atomic mass is 16.7. The molecule has 16 heteroatoms. The van der Waals surface area contributed by atoms with Crippen molar-refractivity contribution in [2.75, 3.05) is 31.0 Å². The largest absolute Gasteiger partial charge is 0.508 e. The number of hydrogen-bond acceptors (Lipinski definition) is 14. The van der Waals surface area contributed by atoms with Gasteiger partial charge in [0.05, 0.1) is 41.2 Å². The molecule has 0 fully saturated rings. The number of ketones is 1. The Morgan fingerprint density at radius 3 is 2.21 bits per heavy atom. The van der Waals surface area contributed by atoms with E-state index in [-0.39, 0.29) is 50.4 Å². The lowest BCUT2D eigenvalue weighted by Crippen LogP contribution is -2.46. The molecule has 3 aromatic carbocycles. The normalized spacial score (nSPS) is 28.0. The van der Waals surface area contributed by atoms with Crippen LogP contribution in [0.4, 0.5) is 11.4 Å². The summed E-state index contributed by atoms with van der Waals surface area (Å²) in [6.45, 7) is 11.8. The molecule has 2 amide bonds. The molecule has 0 radical (unpaired) electrons. The number of allylic oxidation sites excluding steroid dienone is 2. The Morgan fingerprint density at radius 1 is 0.919 bits per heavy atom. The lowest BCUT2D eigenvalue weighted by atomic mass is 9.78. The van der Waals surface area contributed by atoms with Crippen LogP contribution in [-0.4, -0.2) is 100 Å². The van der Waals surface area contributed by atoms with Gasteiger partial charge in [0.2, 0.25) is 0 Å². The molecule has 3 aliphatic rings. The number of aromatic hydroxyl groups is 3. The average molecular weight is 861 g/mol. The lowest BCUT2D eigenvalue weighted by molar-refractivity contribution is -0.160. The highest BCUT2D eigenvalue weighted by molar-refractivity contribution is 6.21. The summed E-state index contributed by atoms with van der Waals surface area (Å²) in [7, 11) is 2.92. The summed E-state index contributed by atoms with van der Waals surface area (Å²) >= 11 is 0. The van der Waals surface area contributed by atoms with Gasteiger partial charge in [0.25, 0.3) is 17.6 Å². The number of fused-ring (bicyclic) bond motifs is 14. The predicted molar refractivity (Wildman–Crippen MR) is 229 cm³/mol. The number of benzene rings is 3. The second-order valence-corrected chi connectivity index (χ2v) is 16.2. The summed E-state index contributed by atoms with van der Waals surface area (Å²) in [5.74, 6) is -8.60. The monoisotopic (exact) mass is 860 g/mol. The molecule has 0 aliphatic carbocycles. The summed E-state index contributed by atoms with van der Waals surface area (Å²) in [6.07, 6.45) is 3.43. The molecule has 62 heavy (non-hydrogen) atoms. The van der Waals surface area contributed by atoms with Crippen molar-refractivity contribution in [3.63, 3.8) is 0 Å². The van der Waals surface area contributed by atoms with Gasteiger partial charge in [-0.2, -0.15) is 0 Å². The molecule has 0 saturated carbocycles. The van der Waals surface area contributed by atoms with Crippen LogP contribution >= 0.6 is 0 Å². The summed E-state index contributed by atoms with van der Waals surface area (Å²) < 4.78 is 29.7. The lowest BCUT2D eigenvalue weighted by Gasteiger charge is -2.38. The quantitative estimate of drug-likeness (QED) is 0.127. The molecule has 0 aromatic heterocycles. The topological polar surface area (TPSA) is 231 Å². The van der Waals surface area contributed by atoms with Crippen molar-refractivity contribution in [3.05, 3.63) is 77.6 Å². The van der Waals surface area contributed by atoms with Crippen molar-refractivity contribution in [2.24, 2.45) is 23.7 Å². The van der Waals surface area contributed by atoms with Crippen LogP contribution in [-0.2, 0) is 28.6 Å². The minimum Gasteiger partial charge on any atom is -0.508 e. The number of phenols is 3. The Labute approximate surface area is 360 Å². The molecule has 5 bridgehead atoms. The van der Waals surface area contributed by atoms with Crippen LogP contribution in [0.5, 0.6) is 28.7 Å². The number of hydrogen-bond donors (Lipinski definition) is 6. The fourth-order valence-corrected chi connectivity index (χ4v) is 7.81. The van der Waals surface area contributed by atoms with E-state index in [0.717, 1.165) is 0 Å². The fraction of sp³-hybridized carbons (Fsp3) is 0.435. The van der Waals surface area contributed by atoms with Crippen LogP contribution in [0.3, 0.4) is 0 Å². The van der Waals surface area contributed by atoms with Gasteiger partial charge in [-0.25, -0.2) is 0 Å². The van der Waals surface area contributed by atoms with Gasteiger partial charge in [-0.1, -0.05) is 45.9 Å². The number of aliphatic hydroxyl groups is 2. The number of Topliss-reactive ketones (excluding diaryl/α,β-unsaturated/α-hetero) is 1. The average Bonchev–Trinajstić information content (AvgIpc) is 3.50. The van der Waals surface area contributed by atoms with E-state index in [1.807, 2.05) is 0 Å². The van der Waals surface area contributed by atoms with Gasteiger partial charge in [0.1, 0.15) is 29.1 Å². The minimum absolute atomic E-state index is 0.00114. The van der Waals surface area contributed by atoms with E-state index < -0.39 is 95.5 Å². The summed E-state index contributed by atoms with van der Waals surface area (Å²) in [6, 6.07) is 7.09. The number of nitrogens with zero attached hydrogens (tertiary/aromatic N) is 1. The number of carbonyl (C=O) groups excluding carboxylic acids is 4. The highest BCUT2D eigenvalue weighted by Gasteiger charge is 2.50. The number of esters is 1. The second-order valence-electron chi connectivity index (χ2n) is 16.2. The highest BCUT2D eigenvalue weighted by Crippen LogP contribution is 2.54. The molecule has 3 aromatic rings. The number of methoxy groups -OCH3 is 1. The Hall–Kier alpha value is -6.10. The van der Waals surface area contributed by atoms with Crippen LogP contribution in [0.2, 0.25) is 0 Å². The number of aliphatic hydroxyl groups excluding tert-OH is 2. The van der Waals surface area contributed by atoms with Gasteiger partial charge in [0.15, 0.2) is 12.4 Å². The maximum atomic E-state index is 14.5. The van der Waals surface area contributed by atoms with Crippen LogP contribution in [0.1, 0.15) is 64.4 Å². The predicted octanol–water partition coefficient (Wildman–Crippen LogP) is 5.80. The molecule has 6 rings (SSSR count). The first kappa shape index (κ1) is 47.0. The number of amides is 2. The molecule has 334 valence electrons. The van der Waals surface area contributed by atoms with E-state index in [0.29, 0.717) is 5.69 Å². The van der Waals surface area contributed by atoms with Crippen molar-refractivity contribution in [1.82, 2.24) is 0 Å². The zero-order valence-corrected chi connectivity index (χ0v) is 36.5. The molecule has 3 aliphatic heterocycles. The molecule has 6 N–H and O–H groups in total. The third-order valence-electron chi connectivity index (χ3n) is 11.8. The van der Waals surface area contributed by atoms with Crippen molar-refractivity contribution < 1.29 is 68.4 Å². The minimum atomic E-state index is -2.06. The fourth-order valence-electron chi connectivity index (χ4n) is 7.81. The Morgan fingerprint density at radius 2 is 1.58 bits per heavy atom. The Bertz CT molecular complexity index is 2300. The van der Waals surface area contributed by atoms with Crippen LogP contribution in [0.25, 0.3) is 10.8 Å². The molecular formula is C46H56N2O14. The Balaban J connectivity index is 1.66. The zero-order valence-electron chi connectivity index (χ0n) is 36.5. The first-order valence-electron chi connectivity index (χ1n) is 20.2. The van der Waals surface area contributed by atoms with E-state index in [1.54, 1.807) is 39.8 Å². The summed E-state index contributed by atoms with van der Waals surface area (Å²) in [4.78, 5) is 55.2. The third-order valence-corrected chi connectivity index (χ3v) is 11.8. The number of nitrogens with one attached hydrogen (secondary N) is 1. The molecule has 9 atom stereocenters. The van der Waals surface area contributed by atoms with Gasteiger partial charge in [-0.15, -0.1) is 0 Å². The summed E-state index contributed by atoms with van der Waals surface area (Å²) in [5.41, 5.74) is 0.270. The number of ether oxygens (including phenoxy) is 5. The van der Waals surface area contributed by atoms with Gasteiger partial charge in [-0.3, -0.25) is 19.2 Å². The number of carbonyl (C=O) groups is 4. The Kier molecular flexibility index (Phi) is 14.3. The second kappa shape index (κ2) is 18.9.